The molecule has 0 radical (unpaired) electrons. The molecular weight excluding hydrogens is 234 g/mol. The van der Waals surface area contributed by atoms with Crippen LogP contribution in [0.5, 0.6) is 0 Å². The van der Waals surface area contributed by atoms with E-state index in [0.717, 1.165) is 18.4 Å². The Balaban J connectivity index is 1.74. The Morgan fingerprint density at radius 1 is 1.05 bits per heavy atom. The molecule has 0 fully saturated rings. The summed E-state index contributed by atoms with van der Waals surface area (Å²) in [5.74, 6) is 0.00448. The largest absolute Gasteiger partial charge is 0.352 e. The third-order valence-electron chi connectivity index (χ3n) is 3.05. The van der Waals surface area contributed by atoms with E-state index in [1.807, 2.05) is 30.3 Å². The van der Waals surface area contributed by atoms with Gasteiger partial charge in [0.05, 0.1) is 0 Å². The molecule has 0 unspecified atom stereocenters. The van der Waals surface area contributed by atoms with Gasteiger partial charge in [-0.25, -0.2) is 0 Å². The fourth-order valence-corrected chi connectivity index (χ4v) is 2.05. The molecule has 2 heteroatoms. The molecule has 1 N–H and O–H groups in total. The van der Waals surface area contributed by atoms with Crippen LogP contribution in [0, 0.1) is 6.92 Å². The standard InChI is InChI=1S/C17H19NO/c1-14-7-5-8-15(13-14)9-6-12-18-17(19)16-10-3-2-4-11-16/h2-5,7-8,10-11,13H,6,9,12H2,1H3,(H,18,19). The molecule has 19 heavy (non-hydrogen) atoms. The van der Waals surface area contributed by atoms with Crippen LogP contribution < -0.4 is 5.32 Å². The molecule has 2 aromatic carbocycles. The first kappa shape index (κ1) is 13.3. The van der Waals surface area contributed by atoms with E-state index in [2.05, 4.69) is 36.5 Å². The van der Waals surface area contributed by atoms with Crippen molar-refractivity contribution in [1.29, 1.82) is 0 Å². The minimum Gasteiger partial charge on any atom is -0.352 e. The van der Waals surface area contributed by atoms with Crippen LogP contribution in [0.2, 0.25) is 0 Å². The second-order valence-electron chi connectivity index (χ2n) is 4.71. The smallest absolute Gasteiger partial charge is 0.251 e. The van der Waals surface area contributed by atoms with Crippen molar-refractivity contribution in [3.63, 3.8) is 0 Å². The zero-order valence-electron chi connectivity index (χ0n) is 11.2. The van der Waals surface area contributed by atoms with Crippen molar-refractivity contribution >= 4 is 5.91 Å². The van der Waals surface area contributed by atoms with Gasteiger partial charge in [-0.05, 0) is 37.5 Å². The first-order valence-electron chi connectivity index (χ1n) is 6.64. The Morgan fingerprint density at radius 3 is 2.58 bits per heavy atom. The van der Waals surface area contributed by atoms with Crippen LogP contribution in [0.3, 0.4) is 0 Å². The number of carbonyl (C=O) groups is 1. The number of rotatable bonds is 5. The highest BCUT2D eigenvalue weighted by atomic mass is 16.1. The molecular formula is C17H19NO. The summed E-state index contributed by atoms with van der Waals surface area (Å²) < 4.78 is 0. The summed E-state index contributed by atoms with van der Waals surface area (Å²) in [6.07, 6.45) is 1.96. The fraction of sp³-hybridized carbons (Fsp3) is 0.235. The molecule has 2 aromatic rings. The lowest BCUT2D eigenvalue weighted by atomic mass is 10.1. The fourth-order valence-electron chi connectivity index (χ4n) is 2.05. The Morgan fingerprint density at radius 2 is 1.84 bits per heavy atom. The van der Waals surface area contributed by atoms with Crippen molar-refractivity contribution in [1.82, 2.24) is 5.32 Å². The van der Waals surface area contributed by atoms with Crippen LogP contribution in [-0.2, 0) is 6.42 Å². The summed E-state index contributed by atoms with van der Waals surface area (Å²) in [7, 11) is 0. The molecule has 0 atom stereocenters. The number of amides is 1. The van der Waals surface area contributed by atoms with Gasteiger partial charge in [-0.3, -0.25) is 4.79 Å². The number of carbonyl (C=O) groups excluding carboxylic acids is 1. The third kappa shape index (κ3) is 4.25. The van der Waals surface area contributed by atoms with E-state index in [0.29, 0.717) is 6.54 Å². The van der Waals surface area contributed by atoms with Crippen molar-refractivity contribution in [3.8, 4) is 0 Å². The average Bonchev–Trinajstić information content (AvgIpc) is 2.44. The van der Waals surface area contributed by atoms with Gasteiger partial charge in [0.15, 0.2) is 0 Å². The van der Waals surface area contributed by atoms with Gasteiger partial charge in [0, 0.05) is 12.1 Å². The van der Waals surface area contributed by atoms with Gasteiger partial charge in [0.25, 0.3) is 5.91 Å². The van der Waals surface area contributed by atoms with Gasteiger partial charge in [0.2, 0.25) is 0 Å². The molecule has 1 amide bonds. The predicted molar refractivity (Wildman–Crippen MR) is 78.3 cm³/mol. The average molecular weight is 253 g/mol. The SMILES string of the molecule is Cc1cccc(CCCNC(=O)c2ccccc2)c1. The second kappa shape index (κ2) is 6.74. The zero-order valence-corrected chi connectivity index (χ0v) is 11.2. The van der Waals surface area contributed by atoms with Crippen molar-refractivity contribution in [2.45, 2.75) is 19.8 Å². The first-order chi connectivity index (χ1) is 9.25. The maximum absolute atomic E-state index is 11.8. The maximum Gasteiger partial charge on any atom is 0.251 e. The molecule has 2 rings (SSSR count). The van der Waals surface area contributed by atoms with Crippen LogP contribution in [0.1, 0.15) is 27.9 Å². The molecule has 0 aliphatic heterocycles. The molecule has 0 aliphatic carbocycles. The quantitative estimate of drug-likeness (QED) is 0.813. The topological polar surface area (TPSA) is 29.1 Å². The summed E-state index contributed by atoms with van der Waals surface area (Å²) in [4.78, 5) is 11.8. The van der Waals surface area contributed by atoms with Gasteiger partial charge in [-0.15, -0.1) is 0 Å². The molecule has 0 spiro atoms. The van der Waals surface area contributed by atoms with Crippen molar-refractivity contribution in [2.24, 2.45) is 0 Å². The van der Waals surface area contributed by atoms with Crippen LogP contribution >= 0.6 is 0 Å². The van der Waals surface area contributed by atoms with Crippen molar-refractivity contribution < 1.29 is 4.79 Å². The highest BCUT2D eigenvalue weighted by molar-refractivity contribution is 5.94. The molecule has 0 heterocycles. The zero-order chi connectivity index (χ0) is 13.5. The molecule has 0 aromatic heterocycles. The van der Waals surface area contributed by atoms with E-state index in [9.17, 15) is 4.79 Å². The summed E-state index contributed by atoms with van der Waals surface area (Å²) in [5, 5.41) is 2.94. The van der Waals surface area contributed by atoms with E-state index >= 15 is 0 Å². The van der Waals surface area contributed by atoms with Gasteiger partial charge < -0.3 is 5.32 Å². The lowest BCUT2D eigenvalue weighted by Crippen LogP contribution is -2.24. The van der Waals surface area contributed by atoms with E-state index in [4.69, 9.17) is 0 Å². The summed E-state index contributed by atoms with van der Waals surface area (Å²) >= 11 is 0. The molecule has 0 bridgehead atoms. The number of nitrogens with one attached hydrogen (secondary N) is 1. The Labute approximate surface area is 114 Å². The Kier molecular flexibility index (Phi) is 4.73. The van der Waals surface area contributed by atoms with Crippen molar-refractivity contribution in [2.75, 3.05) is 6.54 Å². The lowest BCUT2D eigenvalue weighted by Gasteiger charge is -2.06. The minimum absolute atomic E-state index is 0.00448. The second-order valence-corrected chi connectivity index (χ2v) is 4.71. The van der Waals surface area contributed by atoms with Crippen LogP contribution in [0.4, 0.5) is 0 Å². The molecule has 2 nitrogen and oxygen atoms in total. The monoisotopic (exact) mass is 253 g/mol. The molecule has 98 valence electrons. The van der Waals surface area contributed by atoms with Crippen molar-refractivity contribution in [3.05, 3.63) is 71.3 Å². The number of hydrogen-bond donors (Lipinski definition) is 1. The molecule has 0 saturated carbocycles. The van der Waals surface area contributed by atoms with Crippen LogP contribution in [0.25, 0.3) is 0 Å². The summed E-state index contributed by atoms with van der Waals surface area (Å²) in [6.45, 7) is 2.81. The van der Waals surface area contributed by atoms with E-state index < -0.39 is 0 Å². The molecule has 0 saturated heterocycles. The summed E-state index contributed by atoms with van der Waals surface area (Å²) in [6, 6.07) is 17.8. The highest BCUT2D eigenvalue weighted by Crippen LogP contribution is 2.06. The number of hydrogen-bond acceptors (Lipinski definition) is 1. The Bertz CT molecular complexity index is 534. The van der Waals surface area contributed by atoms with Gasteiger partial charge in [-0.2, -0.15) is 0 Å². The normalized spacial score (nSPS) is 10.2. The van der Waals surface area contributed by atoms with Gasteiger partial charge in [0.1, 0.15) is 0 Å². The lowest BCUT2D eigenvalue weighted by molar-refractivity contribution is 0.0953. The van der Waals surface area contributed by atoms with E-state index in [1.165, 1.54) is 11.1 Å². The predicted octanol–water partition coefficient (Wildman–Crippen LogP) is 3.36. The van der Waals surface area contributed by atoms with E-state index in [1.54, 1.807) is 0 Å². The first-order valence-corrected chi connectivity index (χ1v) is 6.64. The van der Waals surface area contributed by atoms with Gasteiger partial charge in [-0.1, -0.05) is 48.0 Å². The highest BCUT2D eigenvalue weighted by Gasteiger charge is 2.02. The maximum atomic E-state index is 11.8. The number of benzene rings is 2. The third-order valence-corrected chi connectivity index (χ3v) is 3.05. The Hall–Kier alpha value is -2.09. The van der Waals surface area contributed by atoms with E-state index in [-0.39, 0.29) is 5.91 Å². The number of aryl methyl sites for hydroxylation is 2. The molecule has 0 aliphatic rings. The van der Waals surface area contributed by atoms with Crippen LogP contribution in [-0.4, -0.2) is 12.5 Å². The summed E-state index contributed by atoms with van der Waals surface area (Å²) in [5.41, 5.74) is 3.33. The van der Waals surface area contributed by atoms with Gasteiger partial charge >= 0.3 is 0 Å². The minimum atomic E-state index is 0.00448. The van der Waals surface area contributed by atoms with Crippen LogP contribution in [0.15, 0.2) is 54.6 Å².